The molecular formula is C15H16N4O3. The quantitative estimate of drug-likeness (QED) is 0.881. The molecule has 7 heteroatoms. The first-order valence-corrected chi connectivity index (χ1v) is 7.49. The second-order valence-corrected chi connectivity index (χ2v) is 5.62. The summed E-state index contributed by atoms with van der Waals surface area (Å²) < 4.78 is 5.49. The molecule has 2 unspecified atom stereocenters. The molecule has 2 heterocycles. The molecule has 7 nitrogen and oxygen atoms in total. The second kappa shape index (κ2) is 5.49. The summed E-state index contributed by atoms with van der Waals surface area (Å²) in [6.07, 6.45) is 3.39. The molecule has 1 aromatic heterocycles. The maximum Gasteiger partial charge on any atom is 0.341 e. The Hall–Kier alpha value is -2.28. The number of hydrogen-bond acceptors (Lipinski definition) is 7. The highest BCUT2D eigenvalue weighted by Crippen LogP contribution is 2.32. The molecule has 1 aliphatic carbocycles. The summed E-state index contributed by atoms with van der Waals surface area (Å²) in [6.45, 7) is 0. The van der Waals surface area contributed by atoms with Crippen molar-refractivity contribution in [2.24, 2.45) is 21.3 Å². The summed E-state index contributed by atoms with van der Waals surface area (Å²) in [5, 5.41) is 22.1. The van der Waals surface area contributed by atoms with Crippen molar-refractivity contribution in [2.75, 3.05) is 0 Å². The maximum absolute atomic E-state index is 9.90. The van der Waals surface area contributed by atoms with Gasteiger partial charge in [-0.25, -0.2) is 0 Å². The second-order valence-electron chi connectivity index (χ2n) is 5.62. The fraction of sp³-hybridized carbons (Fsp3) is 0.467. The molecule has 2 atom stereocenters. The Balaban J connectivity index is 1.56. The first-order chi connectivity index (χ1) is 10.8. The number of aliphatic hydroxyl groups excluding tert-OH is 1. The van der Waals surface area contributed by atoms with E-state index in [9.17, 15) is 5.11 Å². The lowest BCUT2D eigenvalue weighted by Crippen LogP contribution is -2.30. The zero-order chi connectivity index (χ0) is 14.9. The van der Waals surface area contributed by atoms with E-state index in [4.69, 9.17) is 9.25 Å². The van der Waals surface area contributed by atoms with E-state index in [1.54, 1.807) is 0 Å². The zero-order valence-electron chi connectivity index (χ0n) is 11.9. The first kappa shape index (κ1) is 13.4. The molecule has 1 saturated carbocycles. The summed E-state index contributed by atoms with van der Waals surface area (Å²) in [6, 6.07) is 7.01. The predicted molar refractivity (Wildman–Crippen MR) is 78.8 cm³/mol. The fourth-order valence-corrected chi connectivity index (χ4v) is 3.04. The van der Waals surface area contributed by atoms with Crippen molar-refractivity contribution in [2.45, 2.75) is 38.0 Å². The van der Waals surface area contributed by atoms with Gasteiger partial charge in [0.2, 0.25) is 0 Å². The SMILES string of the molecule is OC1ON=C(C2CCCC2)C1N=Nc1nc2ccccc2o1. The van der Waals surface area contributed by atoms with E-state index >= 15 is 0 Å². The molecule has 22 heavy (non-hydrogen) atoms. The van der Waals surface area contributed by atoms with Crippen LogP contribution in [-0.2, 0) is 4.84 Å². The molecule has 4 rings (SSSR count). The molecule has 1 fully saturated rings. The maximum atomic E-state index is 9.90. The number of oxazole rings is 1. The van der Waals surface area contributed by atoms with Crippen molar-refractivity contribution in [3.8, 4) is 0 Å². The average Bonchev–Trinajstić information content (AvgIpc) is 3.24. The Morgan fingerprint density at radius 2 is 2.00 bits per heavy atom. The number of oxime groups is 1. The minimum Gasteiger partial charge on any atom is -0.421 e. The van der Waals surface area contributed by atoms with Crippen LogP contribution in [0.4, 0.5) is 6.01 Å². The Bertz CT molecular complexity index is 700. The third-order valence-corrected chi connectivity index (χ3v) is 4.16. The standard InChI is InChI=1S/C15H16N4O3/c20-14-13(12(19-22-14)9-5-1-2-6-9)17-18-15-16-10-7-3-4-8-11(10)21-15/h3-4,7-9,13-14,20H,1-2,5-6H2. The molecule has 1 aliphatic heterocycles. The third kappa shape index (κ3) is 2.37. The van der Waals surface area contributed by atoms with Crippen LogP contribution in [0.1, 0.15) is 25.7 Å². The van der Waals surface area contributed by atoms with Gasteiger partial charge in [0, 0.05) is 5.92 Å². The topological polar surface area (TPSA) is 92.6 Å². The van der Waals surface area contributed by atoms with Crippen molar-refractivity contribution >= 4 is 22.8 Å². The number of aromatic nitrogens is 1. The van der Waals surface area contributed by atoms with E-state index in [2.05, 4.69) is 20.4 Å². The predicted octanol–water partition coefficient (Wildman–Crippen LogP) is 3.17. The van der Waals surface area contributed by atoms with Crippen LogP contribution >= 0.6 is 0 Å². The molecule has 0 spiro atoms. The van der Waals surface area contributed by atoms with Crippen LogP contribution in [0.5, 0.6) is 0 Å². The number of nitrogens with zero attached hydrogens (tertiary/aromatic N) is 4. The number of para-hydroxylation sites is 2. The van der Waals surface area contributed by atoms with Gasteiger partial charge in [-0.1, -0.05) is 35.2 Å². The highest BCUT2D eigenvalue weighted by Gasteiger charge is 2.38. The number of fused-ring (bicyclic) bond motifs is 1. The number of aliphatic hydroxyl groups is 1. The van der Waals surface area contributed by atoms with Crippen molar-refractivity contribution in [3.05, 3.63) is 24.3 Å². The lowest BCUT2D eigenvalue weighted by molar-refractivity contribution is -0.0842. The highest BCUT2D eigenvalue weighted by molar-refractivity contribution is 5.93. The van der Waals surface area contributed by atoms with E-state index in [0.717, 1.165) is 24.1 Å². The minimum atomic E-state index is -1.08. The van der Waals surface area contributed by atoms with E-state index in [-0.39, 0.29) is 6.01 Å². The number of rotatable bonds is 3. The lowest BCUT2D eigenvalue weighted by Gasteiger charge is -2.12. The van der Waals surface area contributed by atoms with Gasteiger partial charge in [0.15, 0.2) is 11.6 Å². The van der Waals surface area contributed by atoms with Crippen LogP contribution in [0.15, 0.2) is 44.1 Å². The van der Waals surface area contributed by atoms with E-state index in [0.29, 0.717) is 11.5 Å². The average molecular weight is 300 g/mol. The Morgan fingerprint density at radius 1 is 1.18 bits per heavy atom. The third-order valence-electron chi connectivity index (χ3n) is 4.16. The van der Waals surface area contributed by atoms with E-state index in [1.165, 1.54) is 12.8 Å². The fourth-order valence-electron chi connectivity index (χ4n) is 3.04. The Morgan fingerprint density at radius 3 is 2.82 bits per heavy atom. The molecule has 0 amide bonds. The molecule has 2 aromatic rings. The molecule has 0 bridgehead atoms. The number of benzene rings is 1. The van der Waals surface area contributed by atoms with Crippen LogP contribution in [0.2, 0.25) is 0 Å². The zero-order valence-corrected chi connectivity index (χ0v) is 11.9. The smallest absolute Gasteiger partial charge is 0.341 e. The van der Waals surface area contributed by atoms with Gasteiger partial charge < -0.3 is 14.4 Å². The number of hydrogen-bond donors (Lipinski definition) is 1. The monoisotopic (exact) mass is 300 g/mol. The number of azo groups is 1. The van der Waals surface area contributed by atoms with E-state index in [1.807, 2.05) is 24.3 Å². The van der Waals surface area contributed by atoms with Gasteiger partial charge in [-0.05, 0) is 25.0 Å². The van der Waals surface area contributed by atoms with Crippen LogP contribution in [-0.4, -0.2) is 28.1 Å². The van der Waals surface area contributed by atoms with Gasteiger partial charge in [-0.3, -0.25) is 0 Å². The van der Waals surface area contributed by atoms with Crippen LogP contribution in [0.25, 0.3) is 11.1 Å². The van der Waals surface area contributed by atoms with Gasteiger partial charge in [0.1, 0.15) is 5.52 Å². The molecule has 0 radical (unpaired) electrons. The summed E-state index contributed by atoms with van der Waals surface area (Å²) >= 11 is 0. The summed E-state index contributed by atoms with van der Waals surface area (Å²) in [5.74, 6) is 0.324. The molecule has 2 aliphatic rings. The molecule has 1 N–H and O–H groups in total. The Kier molecular flexibility index (Phi) is 3.34. The molecule has 0 saturated heterocycles. The first-order valence-electron chi connectivity index (χ1n) is 7.49. The van der Waals surface area contributed by atoms with Crippen molar-refractivity contribution < 1.29 is 14.4 Å². The molecule has 1 aromatic carbocycles. The highest BCUT2D eigenvalue weighted by atomic mass is 16.7. The molecule has 114 valence electrons. The van der Waals surface area contributed by atoms with Crippen LogP contribution in [0, 0.1) is 5.92 Å². The van der Waals surface area contributed by atoms with Crippen LogP contribution in [0.3, 0.4) is 0 Å². The van der Waals surface area contributed by atoms with Gasteiger partial charge in [-0.2, -0.15) is 10.1 Å². The summed E-state index contributed by atoms with van der Waals surface area (Å²) in [4.78, 5) is 9.21. The van der Waals surface area contributed by atoms with E-state index < -0.39 is 12.3 Å². The largest absolute Gasteiger partial charge is 0.421 e. The lowest BCUT2D eigenvalue weighted by atomic mass is 9.96. The van der Waals surface area contributed by atoms with Crippen molar-refractivity contribution in [1.82, 2.24) is 4.98 Å². The van der Waals surface area contributed by atoms with Gasteiger partial charge in [0.05, 0.1) is 5.71 Å². The summed E-state index contributed by atoms with van der Waals surface area (Å²) in [7, 11) is 0. The summed E-state index contributed by atoms with van der Waals surface area (Å²) in [5.41, 5.74) is 2.17. The van der Waals surface area contributed by atoms with Crippen LogP contribution < -0.4 is 0 Å². The minimum absolute atomic E-state index is 0.172. The van der Waals surface area contributed by atoms with Crippen molar-refractivity contribution in [1.29, 1.82) is 0 Å². The van der Waals surface area contributed by atoms with Gasteiger partial charge in [0.25, 0.3) is 6.29 Å². The molecular weight excluding hydrogens is 284 g/mol. The van der Waals surface area contributed by atoms with Gasteiger partial charge >= 0.3 is 6.01 Å². The normalized spacial score (nSPS) is 26.0. The Labute approximate surface area is 126 Å². The van der Waals surface area contributed by atoms with Crippen molar-refractivity contribution in [3.63, 3.8) is 0 Å². The van der Waals surface area contributed by atoms with Gasteiger partial charge in [-0.15, -0.1) is 0 Å².